The largest absolute Gasteiger partial charge is 0.550 e. The van der Waals surface area contributed by atoms with Gasteiger partial charge in [-0.3, -0.25) is 0 Å². The molecular weight excluding hydrogens is 629 g/mol. The highest BCUT2D eigenvalue weighted by atomic mass is 32.2. The van der Waals surface area contributed by atoms with Crippen LogP contribution in [0.25, 0.3) is 33.4 Å². The van der Waals surface area contributed by atoms with Gasteiger partial charge in [-0.15, -0.1) is 0 Å². The zero-order valence-electron chi connectivity index (χ0n) is 28.3. The van der Waals surface area contributed by atoms with Crippen LogP contribution in [0.1, 0.15) is 38.5 Å². The van der Waals surface area contributed by atoms with Gasteiger partial charge in [0.1, 0.15) is 10.9 Å². The number of aliphatic carboxylic acids is 1. The smallest absolute Gasteiger partial charge is 0.182 e. The Bertz CT molecular complexity index is 1910. The molecule has 6 aromatic carbocycles. The minimum atomic E-state index is -0.758. The van der Waals surface area contributed by atoms with Crippen LogP contribution in [0.2, 0.25) is 0 Å². The lowest BCUT2D eigenvalue weighted by molar-refractivity contribution is -0.327. The van der Waals surface area contributed by atoms with E-state index in [1.54, 1.807) is 0 Å². The molecule has 6 aromatic rings. The summed E-state index contributed by atoms with van der Waals surface area (Å²) in [6.07, 6.45) is 6.65. The van der Waals surface area contributed by atoms with E-state index < -0.39 is 11.4 Å². The molecule has 0 heterocycles. The lowest BCUT2D eigenvalue weighted by Crippen LogP contribution is -2.54. The number of carboxylic acids is 1. The summed E-state index contributed by atoms with van der Waals surface area (Å²) in [5, 5.41) is 11.1. The number of carboxylic acid groups (broad SMARTS) is 1. The van der Waals surface area contributed by atoms with E-state index in [2.05, 4.69) is 164 Å². The van der Waals surface area contributed by atoms with Crippen LogP contribution in [-0.2, 0) is 15.7 Å². The van der Waals surface area contributed by atoms with E-state index in [0.29, 0.717) is 17.8 Å². The summed E-state index contributed by atoms with van der Waals surface area (Å²) < 4.78 is 0. The Kier molecular flexibility index (Phi) is 9.17. The van der Waals surface area contributed by atoms with Crippen LogP contribution < -0.4 is 5.11 Å². The maximum absolute atomic E-state index is 11.1. The Morgan fingerprint density at radius 2 is 0.820 bits per heavy atom. The van der Waals surface area contributed by atoms with Crippen molar-refractivity contribution in [3.63, 3.8) is 0 Å². The van der Waals surface area contributed by atoms with Crippen molar-refractivity contribution in [2.45, 2.75) is 53.2 Å². The van der Waals surface area contributed by atoms with Gasteiger partial charge >= 0.3 is 0 Å². The zero-order chi connectivity index (χ0) is 33.9. The first kappa shape index (κ1) is 32.4. The lowest BCUT2D eigenvalue weighted by Gasteiger charge is -2.57. The highest BCUT2D eigenvalue weighted by Crippen LogP contribution is 2.59. The van der Waals surface area contributed by atoms with Crippen molar-refractivity contribution in [2.75, 3.05) is 0 Å². The minimum absolute atomic E-state index is 0.303. The molecule has 248 valence electrons. The summed E-state index contributed by atoms with van der Waals surface area (Å²) in [6, 6.07) is 59.1. The van der Waals surface area contributed by atoms with Gasteiger partial charge in [0.2, 0.25) is 0 Å². The fourth-order valence-electron chi connectivity index (χ4n) is 9.16. The topological polar surface area (TPSA) is 40.1 Å². The molecule has 0 aromatic heterocycles. The van der Waals surface area contributed by atoms with E-state index in [4.69, 9.17) is 0 Å². The molecule has 4 aliphatic carbocycles. The molecule has 4 saturated carbocycles. The van der Waals surface area contributed by atoms with Crippen LogP contribution in [-0.4, -0.2) is 5.97 Å². The van der Waals surface area contributed by atoms with Gasteiger partial charge in [-0.2, -0.15) is 0 Å². The minimum Gasteiger partial charge on any atom is -0.550 e. The van der Waals surface area contributed by atoms with Gasteiger partial charge in [-0.25, -0.2) is 0 Å². The summed E-state index contributed by atoms with van der Waals surface area (Å²) >= 11 is 0. The van der Waals surface area contributed by atoms with Crippen molar-refractivity contribution in [2.24, 2.45) is 23.2 Å². The van der Waals surface area contributed by atoms with E-state index in [1.807, 2.05) is 0 Å². The third kappa shape index (κ3) is 6.55. The van der Waals surface area contributed by atoms with Gasteiger partial charge in [0.15, 0.2) is 14.7 Å². The number of carbonyl (C=O) groups is 1. The van der Waals surface area contributed by atoms with E-state index in [-0.39, 0.29) is 10.9 Å². The summed E-state index contributed by atoms with van der Waals surface area (Å²) in [7, 11) is -0.303. The molecule has 50 heavy (non-hydrogen) atoms. The fourth-order valence-corrected chi connectivity index (χ4v) is 11.6. The van der Waals surface area contributed by atoms with E-state index >= 15 is 0 Å². The first-order chi connectivity index (χ1) is 24.6. The van der Waals surface area contributed by atoms with Crippen molar-refractivity contribution in [3.8, 4) is 33.4 Å². The van der Waals surface area contributed by atoms with Crippen LogP contribution in [0.3, 0.4) is 0 Å². The predicted molar refractivity (Wildman–Crippen MR) is 203 cm³/mol. The molecule has 4 fully saturated rings. The number of carbonyl (C=O) groups excluding carboxylic acids is 1. The number of rotatable bonds is 7. The Labute approximate surface area is 299 Å². The second-order valence-corrected chi connectivity index (χ2v) is 16.4. The quantitative estimate of drug-likeness (QED) is 0.159. The molecule has 10 rings (SSSR count). The average Bonchev–Trinajstić information content (AvgIpc) is 3.16. The van der Waals surface area contributed by atoms with Crippen molar-refractivity contribution < 1.29 is 9.90 Å². The molecule has 0 amide bonds. The monoisotopic (exact) mass is 670 g/mol. The molecule has 0 atom stereocenters. The molecule has 0 N–H and O–H groups in total. The maximum Gasteiger partial charge on any atom is 0.182 e. The zero-order valence-corrected chi connectivity index (χ0v) is 29.1. The molecule has 2 nitrogen and oxygen atoms in total. The fraction of sp³-hybridized carbons (Fsp3) is 0.213. The molecule has 0 radical (unpaired) electrons. The number of hydrogen-bond acceptors (Lipinski definition) is 2. The Morgan fingerprint density at radius 1 is 0.480 bits per heavy atom. The normalized spacial score (nSPS) is 21.7. The first-order valence-electron chi connectivity index (χ1n) is 18.0. The van der Waals surface area contributed by atoms with Gasteiger partial charge in [0.25, 0.3) is 0 Å². The van der Waals surface area contributed by atoms with Crippen molar-refractivity contribution in [1.29, 1.82) is 0 Å². The molecular formula is C47H42O2S. The number of hydrogen-bond donors (Lipinski definition) is 0. The van der Waals surface area contributed by atoms with E-state index in [0.717, 1.165) is 19.3 Å². The van der Waals surface area contributed by atoms with Crippen molar-refractivity contribution in [3.05, 3.63) is 164 Å². The summed E-state index contributed by atoms with van der Waals surface area (Å²) in [5.41, 5.74) is 7.08. The highest BCUT2D eigenvalue weighted by Gasteiger charge is 2.51. The van der Waals surface area contributed by atoms with Crippen molar-refractivity contribution >= 4 is 16.9 Å². The van der Waals surface area contributed by atoms with Gasteiger partial charge in [0, 0.05) is 22.5 Å². The molecule has 4 aliphatic rings. The van der Waals surface area contributed by atoms with Crippen LogP contribution in [0.15, 0.2) is 178 Å². The SMILES string of the molecule is O=C([O-])C12CC3CC(CC(C3)C1)C2.c1ccc(-c2cc(-c3ccccc3)c([S+](c3ccccc3)c3ccccc3)c(-c3ccccc3)c2)cc1. The molecule has 0 aliphatic heterocycles. The van der Waals surface area contributed by atoms with E-state index in [1.165, 1.54) is 67.3 Å². The van der Waals surface area contributed by atoms with E-state index in [9.17, 15) is 9.90 Å². The average molecular weight is 671 g/mol. The van der Waals surface area contributed by atoms with Crippen LogP contribution in [0, 0.1) is 23.2 Å². The van der Waals surface area contributed by atoms with Gasteiger partial charge in [-0.05, 0) is 115 Å². The summed E-state index contributed by atoms with van der Waals surface area (Å²) in [5.74, 6) is 1.38. The van der Waals surface area contributed by atoms with Crippen molar-refractivity contribution in [1.82, 2.24) is 0 Å². The Morgan fingerprint density at radius 3 is 1.18 bits per heavy atom. The maximum atomic E-state index is 11.1. The summed E-state index contributed by atoms with van der Waals surface area (Å²) in [4.78, 5) is 15.1. The lowest BCUT2D eigenvalue weighted by atomic mass is 9.49. The van der Waals surface area contributed by atoms with Crippen LogP contribution >= 0.6 is 0 Å². The molecule has 0 spiro atoms. The highest BCUT2D eigenvalue weighted by molar-refractivity contribution is 7.97. The van der Waals surface area contributed by atoms with Crippen LogP contribution in [0.4, 0.5) is 0 Å². The molecule has 0 unspecified atom stereocenters. The first-order valence-corrected chi connectivity index (χ1v) is 19.2. The summed E-state index contributed by atoms with van der Waals surface area (Å²) in [6.45, 7) is 0. The molecule has 3 heteroatoms. The van der Waals surface area contributed by atoms with Gasteiger partial charge < -0.3 is 9.90 Å². The van der Waals surface area contributed by atoms with Crippen LogP contribution in [0.5, 0.6) is 0 Å². The second-order valence-electron chi connectivity index (χ2n) is 14.4. The Hall–Kier alpha value is -4.86. The van der Waals surface area contributed by atoms with Gasteiger partial charge in [0.05, 0.1) is 0 Å². The Balaban J connectivity index is 0.000000230. The predicted octanol–water partition coefficient (Wildman–Crippen LogP) is 10.7. The molecule has 4 bridgehead atoms. The second kappa shape index (κ2) is 14.2. The standard InChI is InChI=1S/C36H27S.C11H16O2/c1-6-16-28(17-7-1)31-26-34(29-18-8-2-9-19-29)36(35(27-31)30-20-10-3-11-21-30)37(32-22-12-4-13-23-32)33-24-14-5-15-25-33;12-10(13)11-4-7-1-8(5-11)3-9(2-7)6-11/h1-27H;7-9H,1-6H2,(H,12,13)/q+1;/p-1. The number of benzene rings is 6. The molecule has 0 saturated heterocycles. The third-order valence-electron chi connectivity index (χ3n) is 11.0. The van der Waals surface area contributed by atoms with Gasteiger partial charge in [-0.1, -0.05) is 127 Å². The third-order valence-corrected chi connectivity index (χ3v) is 13.3.